The Morgan fingerprint density at radius 3 is 2.04 bits per heavy atom. The van der Waals surface area contributed by atoms with Gasteiger partial charge in [0.15, 0.2) is 0 Å². The molecule has 0 spiro atoms. The summed E-state index contributed by atoms with van der Waals surface area (Å²) in [5.41, 5.74) is 2.66. The third-order valence-electron chi connectivity index (χ3n) is 13.4. The van der Waals surface area contributed by atoms with E-state index in [2.05, 4.69) is 88.6 Å². The van der Waals surface area contributed by atoms with Gasteiger partial charge in [0, 0.05) is 41.9 Å². The van der Waals surface area contributed by atoms with Gasteiger partial charge in [0.1, 0.15) is 5.76 Å². The summed E-state index contributed by atoms with van der Waals surface area (Å²) in [5, 5.41) is 12.0. The fraction of sp³-hybridized carbons (Fsp3) is 0.636. The minimum atomic E-state index is -3.82. The fourth-order valence-electron chi connectivity index (χ4n) is 8.86. The summed E-state index contributed by atoms with van der Waals surface area (Å²) in [5.74, 6) is -0.891. The van der Waals surface area contributed by atoms with E-state index in [0.717, 1.165) is 80.9 Å². The Balaban J connectivity index is 1.97. The van der Waals surface area contributed by atoms with E-state index in [4.69, 9.17) is 0 Å². The number of Topliss-reactive ketones (excluding diaryl/α,β-unsaturated/α-hetero) is 1. The van der Waals surface area contributed by atoms with Crippen LogP contribution in [0.15, 0.2) is 57.5 Å². The van der Waals surface area contributed by atoms with Gasteiger partial charge in [-0.25, -0.2) is 16.8 Å². The maximum atomic E-state index is 14.6. The number of ketones is 1. The number of anilines is 2. The topological polar surface area (TPSA) is 145 Å². The molecule has 2 aliphatic carbocycles. The maximum Gasteiger partial charge on any atom is 0.232 e. The Morgan fingerprint density at radius 1 is 0.857 bits per heavy atom. The number of aliphatic hydroxyl groups excluding tert-OH is 1. The zero-order valence-corrected chi connectivity index (χ0v) is 37.9. The molecule has 10 nitrogen and oxygen atoms in total. The quantitative estimate of drug-likeness (QED) is 0.0989. The van der Waals surface area contributed by atoms with E-state index in [0.29, 0.717) is 17.7 Å². The Bertz CT molecular complexity index is 2100. The number of unbranched alkanes of at least 4 members (excludes halogenated alkanes) is 5. The lowest BCUT2D eigenvalue weighted by Crippen LogP contribution is -2.51. The highest BCUT2D eigenvalue weighted by molar-refractivity contribution is 7.92. The van der Waals surface area contributed by atoms with Gasteiger partial charge < -0.3 is 10.0 Å². The Labute approximate surface area is 338 Å². The molecule has 0 fully saturated rings. The van der Waals surface area contributed by atoms with Gasteiger partial charge in [-0.3, -0.25) is 19.2 Å². The van der Waals surface area contributed by atoms with Crippen molar-refractivity contribution in [3.8, 4) is 0 Å². The molecule has 1 aromatic carbocycles. The summed E-state index contributed by atoms with van der Waals surface area (Å²) in [6.07, 6.45) is 13.7. The van der Waals surface area contributed by atoms with Gasteiger partial charge in [0.25, 0.3) is 0 Å². The third kappa shape index (κ3) is 8.43. The van der Waals surface area contributed by atoms with Crippen LogP contribution in [-0.2, 0) is 30.3 Å². The molecule has 1 heterocycles. The zero-order chi connectivity index (χ0) is 42.2. The van der Waals surface area contributed by atoms with Crippen LogP contribution in [0.5, 0.6) is 0 Å². The van der Waals surface area contributed by atoms with Crippen molar-refractivity contribution in [2.45, 2.75) is 144 Å². The standard InChI is InChI=1S/C44H68N4O6S2/c1-14-17-18-19-20-21-24-56(53,54)47-34-28-36-32(43(8,9)44(10,23-16-3)48(36)12)26-30(34)38-39(49)37(40(38)50)29-25-31(42(6,7)41(4,5)22-15-2)35(45-11)27-33(29)46-55(13,51)52/h25-28,46-47,49H,14-24H2,1-13H3/b37-29+,45-35?. The van der Waals surface area contributed by atoms with E-state index >= 15 is 0 Å². The molecule has 0 aromatic heterocycles. The molecule has 0 saturated carbocycles. The van der Waals surface area contributed by atoms with Gasteiger partial charge in [-0.2, -0.15) is 0 Å². The first-order valence-corrected chi connectivity index (χ1v) is 23.9. The Hall–Kier alpha value is -3.38. The first kappa shape index (κ1) is 45.3. The van der Waals surface area contributed by atoms with Gasteiger partial charge in [-0.15, -0.1) is 0 Å². The second-order valence-electron chi connectivity index (χ2n) is 18.0. The molecule has 0 bridgehead atoms. The molecule has 1 unspecified atom stereocenters. The minimum Gasteiger partial charge on any atom is -0.506 e. The van der Waals surface area contributed by atoms with Crippen LogP contribution in [0.25, 0.3) is 5.57 Å². The lowest BCUT2D eigenvalue weighted by Gasteiger charge is -2.45. The van der Waals surface area contributed by atoms with Crippen LogP contribution in [0.3, 0.4) is 0 Å². The average molecular weight is 813 g/mol. The van der Waals surface area contributed by atoms with E-state index in [1.807, 2.05) is 19.2 Å². The number of hydrogen-bond donors (Lipinski definition) is 3. The van der Waals surface area contributed by atoms with Gasteiger partial charge in [-0.05, 0) is 72.4 Å². The van der Waals surface area contributed by atoms with E-state index in [9.17, 15) is 26.7 Å². The van der Waals surface area contributed by atoms with Crippen molar-refractivity contribution in [2.24, 2.45) is 15.8 Å². The number of aliphatic imine (C=N–C) groups is 1. The number of benzene rings is 1. The van der Waals surface area contributed by atoms with Crippen LogP contribution < -0.4 is 14.3 Å². The second kappa shape index (κ2) is 16.5. The van der Waals surface area contributed by atoms with E-state index < -0.39 is 36.7 Å². The molecule has 312 valence electrons. The maximum absolute atomic E-state index is 14.6. The summed E-state index contributed by atoms with van der Waals surface area (Å²) in [4.78, 5) is 21.4. The number of fused-ring (bicyclic) bond motifs is 1. The number of carbonyl (C=O) groups is 1. The number of hydrogen-bond acceptors (Lipinski definition) is 8. The van der Waals surface area contributed by atoms with Gasteiger partial charge in [-0.1, -0.05) is 107 Å². The molecule has 3 N–H and O–H groups in total. The predicted octanol–water partition coefficient (Wildman–Crippen LogP) is 9.52. The molecule has 0 amide bonds. The van der Waals surface area contributed by atoms with Crippen LogP contribution in [0, 0.1) is 10.8 Å². The van der Waals surface area contributed by atoms with Crippen LogP contribution in [-0.4, -0.2) is 65.1 Å². The van der Waals surface area contributed by atoms with Gasteiger partial charge in [0.05, 0.1) is 40.3 Å². The van der Waals surface area contributed by atoms with E-state index in [1.165, 1.54) is 0 Å². The van der Waals surface area contributed by atoms with Crippen molar-refractivity contribution >= 4 is 48.5 Å². The molecule has 1 aliphatic heterocycles. The molecule has 1 atom stereocenters. The van der Waals surface area contributed by atoms with Gasteiger partial charge >= 0.3 is 0 Å². The zero-order valence-electron chi connectivity index (χ0n) is 36.3. The number of aliphatic hydroxyl groups is 1. The molecule has 12 heteroatoms. The molecular formula is C44H68N4O6S2. The molecule has 0 saturated heterocycles. The van der Waals surface area contributed by atoms with E-state index in [1.54, 1.807) is 19.2 Å². The molecule has 56 heavy (non-hydrogen) atoms. The van der Waals surface area contributed by atoms with E-state index in [-0.39, 0.29) is 50.6 Å². The average Bonchev–Trinajstić information content (AvgIpc) is 3.22. The fourth-order valence-corrected chi connectivity index (χ4v) is 10.6. The smallest absolute Gasteiger partial charge is 0.232 e. The first-order valence-electron chi connectivity index (χ1n) is 20.4. The summed E-state index contributed by atoms with van der Waals surface area (Å²) in [7, 11) is -3.96. The molecule has 3 aliphatic rings. The normalized spacial score (nSPS) is 22.3. The van der Waals surface area contributed by atoms with Crippen LogP contribution in [0.2, 0.25) is 0 Å². The molecule has 0 radical (unpaired) electrons. The minimum absolute atomic E-state index is 0.00991. The van der Waals surface area contributed by atoms with Crippen LogP contribution >= 0.6 is 0 Å². The van der Waals surface area contributed by atoms with Crippen LogP contribution in [0.4, 0.5) is 11.4 Å². The van der Waals surface area contributed by atoms with Crippen molar-refractivity contribution in [1.82, 2.24) is 4.72 Å². The van der Waals surface area contributed by atoms with Crippen molar-refractivity contribution in [3.05, 3.63) is 63.6 Å². The Morgan fingerprint density at radius 2 is 1.48 bits per heavy atom. The highest BCUT2D eigenvalue weighted by Crippen LogP contribution is 2.56. The van der Waals surface area contributed by atoms with Crippen LogP contribution in [0.1, 0.15) is 145 Å². The van der Waals surface area contributed by atoms with Crippen molar-refractivity contribution in [2.75, 3.05) is 35.7 Å². The lowest BCUT2D eigenvalue weighted by atomic mass is 9.60. The third-order valence-corrected chi connectivity index (χ3v) is 15.4. The number of nitrogens with one attached hydrogen (secondary N) is 2. The summed E-state index contributed by atoms with van der Waals surface area (Å²) in [6, 6.07) is 3.68. The number of nitrogens with zero attached hydrogens (tertiary/aromatic N) is 2. The van der Waals surface area contributed by atoms with Crippen molar-refractivity contribution in [1.29, 1.82) is 0 Å². The monoisotopic (exact) mass is 812 g/mol. The lowest BCUT2D eigenvalue weighted by molar-refractivity contribution is -0.111. The second-order valence-corrected chi connectivity index (χ2v) is 21.6. The molecule has 4 rings (SSSR count). The molecular weight excluding hydrogens is 745 g/mol. The number of allylic oxidation sites excluding steroid dienone is 5. The number of carbonyl (C=O) groups excluding carboxylic acids is 1. The Kier molecular flexibility index (Phi) is 13.3. The summed E-state index contributed by atoms with van der Waals surface area (Å²) >= 11 is 0. The van der Waals surface area contributed by atoms with Crippen molar-refractivity contribution in [3.63, 3.8) is 0 Å². The van der Waals surface area contributed by atoms with Crippen molar-refractivity contribution < 1.29 is 26.7 Å². The summed E-state index contributed by atoms with van der Waals surface area (Å²) in [6.45, 7) is 21.6. The number of sulfonamides is 2. The summed E-state index contributed by atoms with van der Waals surface area (Å²) < 4.78 is 58.1. The highest BCUT2D eigenvalue weighted by Gasteiger charge is 2.53. The predicted molar refractivity (Wildman–Crippen MR) is 234 cm³/mol. The number of rotatable bonds is 18. The SMILES string of the molecule is CCCCCCCCS(=O)(=O)Nc1cc2c(cc1C1=C(O)/C(=C3/C=C(C(C)(C)C(C)(C)CCC)C(=NC)C=C3NS(C)(=O)=O)C1=O)C(C)(C)C(C)(CCC)N2C. The first-order chi connectivity index (χ1) is 25.9. The highest BCUT2D eigenvalue weighted by atomic mass is 32.2. The number of likely N-dealkylation sites (N-methyl/N-ethyl adjacent to an activating group) is 1. The molecule has 1 aromatic rings. The largest absolute Gasteiger partial charge is 0.506 e. The van der Waals surface area contributed by atoms with Gasteiger partial charge in [0.2, 0.25) is 25.8 Å².